The molecule has 1 atom stereocenters. The summed E-state index contributed by atoms with van der Waals surface area (Å²) in [5, 5.41) is 3.11. The van der Waals surface area contributed by atoms with E-state index in [4.69, 9.17) is 4.74 Å². The maximum absolute atomic E-state index is 12.5. The molecule has 0 saturated heterocycles. The normalized spacial score (nSPS) is 16.8. The van der Waals surface area contributed by atoms with Gasteiger partial charge in [0, 0.05) is 20.0 Å². The highest BCUT2D eigenvalue weighted by atomic mass is 127. The number of carbonyl (C=O) groups excluding carboxylic acids is 1. The second-order valence-electron chi connectivity index (χ2n) is 4.83. The van der Waals surface area contributed by atoms with E-state index in [1.54, 1.807) is 0 Å². The van der Waals surface area contributed by atoms with Crippen molar-refractivity contribution in [2.75, 3.05) is 6.61 Å². The minimum Gasteiger partial charge on any atom is -0.493 e. The van der Waals surface area contributed by atoms with E-state index in [9.17, 15) is 4.79 Å². The third-order valence-electron chi connectivity index (χ3n) is 3.44. The first-order valence-electron chi connectivity index (χ1n) is 6.63. The van der Waals surface area contributed by atoms with Crippen LogP contribution in [0.5, 0.6) is 5.75 Å². The Kier molecular flexibility index (Phi) is 4.49. The van der Waals surface area contributed by atoms with Gasteiger partial charge >= 0.3 is 0 Å². The molecule has 0 radical (unpaired) electrons. The van der Waals surface area contributed by atoms with Crippen LogP contribution in [0.25, 0.3) is 0 Å². The molecule has 21 heavy (non-hydrogen) atoms. The number of hydrogen-bond donors (Lipinski definition) is 1. The van der Waals surface area contributed by atoms with Gasteiger partial charge in [0.25, 0.3) is 5.91 Å². The van der Waals surface area contributed by atoms with Gasteiger partial charge in [-0.15, -0.1) is 0 Å². The number of fused-ring (bicyclic) bond motifs is 1. The summed E-state index contributed by atoms with van der Waals surface area (Å²) < 4.78 is 7.46. The van der Waals surface area contributed by atoms with Crippen molar-refractivity contribution in [3.05, 3.63) is 61.6 Å². The number of benzene rings is 2. The topological polar surface area (TPSA) is 38.3 Å². The van der Waals surface area contributed by atoms with Crippen molar-refractivity contribution in [3.63, 3.8) is 0 Å². The number of halogens is 2. The summed E-state index contributed by atoms with van der Waals surface area (Å²) in [6.45, 7) is 0.620. The number of rotatable bonds is 2. The van der Waals surface area contributed by atoms with E-state index < -0.39 is 0 Å². The van der Waals surface area contributed by atoms with Gasteiger partial charge in [0.2, 0.25) is 0 Å². The Morgan fingerprint density at radius 2 is 2.10 bits per heavy atom. The molecule has 0 bridgehead atoms. The molecule has 0 aromatic heterocycles. The predicted molar refractivity (Wildman–Crippen MR) is 93.6 cm³/mol. The standard InChI is InChI=1S/C16H13BrINO2/c17-13-6-5-10(18)9-12(13)16(20)19-14-7-8-21-15-4-2-1-3-11(14)15/h1-6,9,14H,7-8H2,(H,19,20). The highest BCUT2D eigenvalue weighted by Crippen LogP contribution is 2.32. The van der Waals surface area contributed by atoms with Gasteiger partial charge in [-0.3, -0.25) is 4.79 Å². The average molecular weight is 458 g/mol. The maximum Gasteiger partial charge on any atom is 0.252 e. The summed E-state index contributed by atoms with van der Waals surface area (Å²) in [6, 6.07) is 13.6. The van der Waals surface area contributed by atoms with Crippen LogP contribution in [0.3, 0.4) is 0 Å². The van der Waals surface area contributed by atoms with Gasteiger partial charge in [-0.25, -0.2) is 0 Å². The van der Waals surface area contributed by atoms with Gasteiger partial charge in [0.15, 0.2) is 0 Å². The molecular formula is C16H13BrINO2. The van der Waals surface area contributed by atoms with E-state index in [0.717, 1.165) is 25.8 Å². The lowest BCUT2D eigenvalue weighted by molar-refractivity contribution is 0.0924. The Morgan fingerprint density at radius 3 is 2.95 bits per heavy atom. The first-order valence-corrected chi connectivity index (χ1v) is 8.50. The zero-order valence-corrected chi connectivity index (χ0v) is 14.8. The van der Waals surface area contributed by atoms with Crippen molar-refractivity contribution in [2.45, 2.75) is 12.5 Å². The molecule has 1 aliphatic heterocycles. The summed E-state index contributed by atoms with van der Waals surface area (Å²) in [6.07, 6.45) is 0.782. The second-order valence-corrected chi connectivity index (χ2v) is 6.93. The molecule has 5 heteroatoms. The van der Waals surface area contributed by atoms with Crippen LogP contribution in [0, 0.1) is 3.57 Å². The molecule has 1 aliphatic rings. The maximum atomic E-state index is 12.5. The van der Waals surface area contributed by atoms with Crippen LogP contribution >= 0.6 is 38.5 Å². The highest BCUT2D eigenvalue weighted by molar-refractivity contribution is 14.1. The van der Waals surface area contributed by atoms with Gasteiger partial charge in [0.1, 0.15) is 5.75 Å². The van der Waals surface area contributed by atoms with Gasteiger partial charge in [-0.05, 0) is 62.8 Å². The van der Waals surface area contributed by atoms with E-state index in [1.807, 2.05) is 42.5 Å². The predicted octanol–water partition coefficient (Wildman–Crippen LogP) is 4.31. The molecule has 1 amide bonds. The Hall–Kier alpha value is -1.08. The number of para-hydroxylation sites is 1. The van der Waals surface area contributed by atoms with Crippen LogP contribution in [0.15, 0.2) is 46.9 Å². The monoisotopic (exact) mass is 457 g/mol. The van der Waals surface area contributed by atoms with Crippen LogP contribution in [-0.2, 0) is 0 Å². The van der Waals surface area contributed by atoms with Crippen molar-refractivity contribution < 1.29 is 9.53 Å². The van der Waals surface area contributed by atoms with Crippen molar-refractivity contribution in [1.29, 1.82) is 0 Å². The molecule has 1 N–H and O–H groups in total. The van der Waals surface area contributed by atoms with Crippen LogP contribution in [-0.4, -0.2) is 12.5 Å². The summed E-state index contributed by atoms with van der Waals surface area (Å²) in [4.78, 5) is 12.5. The summed E-state index contributed by atoms with van der Waals surface area (Å²) >= 11 is 5.64. The largest absolute Gasteiger partial charge is 0.493 e. The summed E-state index contributed by atoms with van der Waals surface area (Å²) in [5.74, 6) is 0.790. The first-order chi connectivity index (χ1) is 10.1. The molecule has 0 aliphatic carbocycles. The van der Waals surface area contributed by atoms with E-state index in [0.29, 0.717) is 12.2 Å². The summed E-state index contributed by atoms with van der Waals surface area (Å²) in [5.41, 5.74) is 1.70. The van der Waals surface area contributed by atoms with Crippen molar-refractivity contribution >= 4 is 44.4 Å². The molecule has 0 fully saturated rings. The molecule has 1 heterocycles. The number of nitrogens with one attached hydrogen (secondary N) is 1. The van der Waals surface area contributed by atoms with E-state index in [2.05, 4.69) is 43.8 Å². The van der Waals surface area contributed by atoms with Gasteiger partial charge < -0.3 is 10.1 Å². The van der Waals surface area contributed by atoms with Crippen molar-refractivity contribution in [2.24, 2.45) is 0 Å². The molecular weight excluding hydrogens is 445 g/mol. The van der Waals surface area contributed by atoms with Gasteiger partial charge in [-0.2, -0.15) is 0 Å². The summed E-state index contributed by atoms with van der Waals surface area (Å²) in [7, 11) is 0. The van der Waals surface area contributed by atoms with Crippen molar-refractivity contribution in [1.82, 2.24) is 5.32 Å². The van der Waals surface area contributed by atoms with Crippen molar-refractivity contribution in [3.8, 4) is 5.75 Å². The number of carbonyl (C=O) groups is 1. The third kappa shape index (κ3) is 3.23. The third-order valence-corrected chi connectivity index (χ3v) is 4.80. The van der Waals surface area contributed by atoms with E-state index in [1.165, 1.54) is 0 Å². The molecule has 0 spiro atoms. The molecule has 3 rings (SSSR count). The van der Waals surface area contributed by atoms with Crippen LogP contribution in [0.4, 0.5) is 0 Å². The number of amides is 1. The number of hydrogen-bond acceptors (Lipinski definition) is 2. The lowest BCUT2D eigenvalue weighted by Crippen LogP contribution is -2.32. The average Bonchev–Trinajstić information content (AvgIpc) is 2.50. The molecule has 0 saturated carbocycles. The second kappa shape index (κ2) is 6.36. The minimum atomic E-state index is -0.0675. The Balaban J connectivity index is 1.84. The first kappa shape index (κ1) is 14.8. The zero-order valence-electron chi connectivity index (χ0n) is 11.1. The fraction of sp³-hybridized carbons (Fsp3) is 0.188. The van der Waals surface area contributed by atoms with Crippen LogP contribution in [0.1, 0.15) is 28.4 Å². The quantitative estimate of drug-likeness (QED) is 0.682. The van der Waals surface area contributed by atoms with Gasteiger partial charge in [0.05, 0.1) is 18.2 Å². The Bertz CT molecular complexity index is 690. The molecule has 3 nitrogen and oxygen atoms in total. The Morgan fingerprint density at radius 1 is 1.29 bits per heavy atom. The molecule has 108 valence electrons. The zero-order chi connectivity index (χ0) is 14.8. The van der Waals surface area contributed by atoms with Crippen LogP contribution < -0.4 is 10.1 Å². The minimum absolute atomic E-state index is 0.00721. The molecule has 1 unspecified atom stereocenters. The molecule has 2 aromatic carbocycles. The van der Waals surface area contributed by atoms with E-state index >= 15 is 0 Å². The number of ether oxygens (including phenoxy) is 1. The Labute approximate surface area is 145 Å². The van der Waals surface area contributed by atoms with Gasteiger partial charge in [-0.1, -0.05) is 18.2 Å². The lowest BCUT2D eigenvalue weighted by atomic mass is 10.00. The van der Waals surface area contributed by atoms with Crippen LogP contribution in [0.2, 0.25) is 0 Å². The fourth-order valence-corrected chi connectivity index (χ4v) is 3.32. The fourth-order valence-electron chi connectivity index (χ4n) is 2.40. The molecule has 2 aromatic rings. The lowest BCUT2D eigenvalue weighted by Gasteiger charge is -2.26. The highest BCUT2D eigenvalue weighted by Gasteiger charge is 2.23. The SMILES string of the molecule is O=C(NC1CCOc2ccccc21)c1cc(I)ccc1Br. The smallest absolute Gasteiger partial charge is 0.252 e. The van der Waals surface area contributed by atoms with E-state index in [-0.39, 0.29) is 11.9 Å².